The highest BCUT2D eigenvalue weighted by atomic mass is 35.5. The molecule has 2 aromatic heterocycles. The number of hydrogen-bond donors (Lipinski definition) is 2. The van der Waals surface area contributed by atoms with Gasteiger partial charge < -0.3 is 16.0 Å². The van der Waals surface area contributed by atoms with Crippen LogP contribution in [0.25, 0.3) is 6.08 Å². The lowest BCUT2D eigenvalue weighted by Crippen LogP contribution is -2.41. The topological polar surface area (TPSA) is 106 Å². The van der Waals surface area contributed by atoms with E-state index in [1.54, 1.807) is 23.0 Å². The summed E-state index contributed by atoms with van der Waals surface area (Å²) < 4.78 is 1.72. The summed E-state index contributed by atoms with van der Waals surface area (Å²) >= 11 is 6.52. The van der Waals surface area contributed by atoms with Crippen LogP contribution in [0.15, 0.2) is 54.7 Å². The van der Waals surface area contributed by atoms with Crippen molar-refractivity contribution >= 4 is 41.0 Å². The Hall–Kier alpha value is -3.65. The van der Waals surface area contributed by atoms with E-state index in [0.29, 0.717) is 29.5 Å². The van der Waals surface area contributed by atoms with Crippen LogP contribution in [0.5, 0.6) is 0 Å². The fraction of sp³-hybridized carbons (Fsp3) is 0.280. The van der Waals surface area contributed by atoms with Crippen molar-refractivity contribution < 1.29 is 9.59 Å². The quantitative estimate of drug-likeness (QED) is 0.504. The summed E-state index contributed by atoms with van der Waals surface area (Å²) in [5.41, 5.74) is 8.57. The molecule has 34 heavy (non-hydrogen) atoms. The third-order valence-electron chi connectivity index (χ3n) is 5.85. The molecule has 3 heterocycles. The predicted octanol–water partition coefficient (Wildman–Crippen LogP) is 3.64. The third-order valence-corrected chi connectivity index (χ3v) is 6.25. The molecule has 0 aliphatic carbocycles. The first kappa shape index (κ1) is 23.5. The number of piperidine rings is 1. The van der Waals surface area contributed by atoms with Crippen molar-refractivity contribution in [1.29, 1.82) is 0 Å². The van der Waals surface area contributed by atoms with Gasteiger partial charge in [-0.25, -0.2) is 9.67 Å². The van der Waals surface area contributed by atoms with Crippen molar-refractivity contribution in [1.82, 2.24) is 14.8 Å². The van der Waals surface area contributed by atoms with Gasteiger partial charge in [-0.2, -0.15) is 5.10 Å². The summed E-state index contributed by atoms with van der Waals surface area (Å²) in [6.45, 7) is 3.80. The maximum absolute atomic E-state index is 12.5. The minimum Gasteiger partial charge on any atom is -0.369 e. The second-order valence-electron chi connectivity index (χ2n) is 8.35. The van der Waals surface area contributed by atoms with Gasteiger partial charge in [0.1, 0.15) is 11.0 Å². The molecule has 176 valence electrons. The lowest BCUT2D eigenvalue weighted by atomic mass is 9.97. The number of rotatable bonds is 7. The van der Waals surface area contributed by atoms with Crippen molar-refractivity contribution in [3.63, 3.8) is 0 Å². The Morgan fingerprint density at radius 1 is 1.24 bits per heavy atom. The van der Waals surface area contributed by atoms with E-state index in [4.69, 9.17) is 17.3 Å². The first-order chi connectivity index (χ1) is 16.4. The average Bonchev–Trinajstić information content (AvgIpc) is 3.11. The zero-order chi connectivity index (χ0) is 24.1. The predicted molar refractivity (Wildman–Crippen MR) is 134 cm³/mol. The number of pyridine rings is 1. The van der Waals surface area contributed by atoms with Crippen LogP contribution < -0.4 is 16.0 Å². The molecular formula is C25H27ClN6O2. The van der Waals surface area contributed by atoms with Gasteiger partial charge in [0.2, 0.25) is 11.8 Å². The number of carbonyl (C=O) groups is 2. The smallest absolute Gasteiger partial charge is 0.248 e. The maximum atomic E-state index is 12.5. The number of nitrogens with one attached hydrogen (secondary N) is 1. The molecule has 1 aliphatic heterocycles. The molecule has 8 nitrogen and oxygen atoms in total. The Balaban J connectivity index is 1.37. The molecule has 4 rings (SSSR count). The standard InChI is InChI=1S/C25H27ClN6O2/c1-17-21(24(26)32(30-17)15-18-6-3-2-4-7-18)10-12-23(33)29-20-9-11-22(28-14-20)31-13-5-8-19(16-31)25(27)34/h2-4,6-7,9-12,14,19H,5,8,13,15-16H2,1H3,(H2,27,34)(H,29,33)/b12-10+. The number of primary amides is 1. The van der Waals surface area contributed by atoms with E-state index >= 15 is 0 Å². The minimum absolute atomic E-state index is 0.160. The van der Waals surface area contributed by atoms with Gasteiger partial charge in [-0.3, -0.25) is 9.59 Å². The van der Waals surface area contributed by atoms with Gasteiger partial charge in [-0.05, 0) is 43.5 Å². The first-order valence-corrected chi connectivity index (χ1v) is 11.5. The Labute approximate surface area is 203 Å². The number of halogens is 1. The minimum atomic E-state index is -0.299. The zero-order valence-electron chi connectivity index (χ0n) is 18.9. The second-order valence-corrected chi connectivity index (χ2v) is 8.71. The molecule has 0 bridgehead atoms. The fourth-order valence-corrected chi connectivity index (χ4v) is 4.32. The van der Waals surface area contributed by atoms with Crippen molar-refractivity contribution in [2.45, 2.75) is 26.3 Å². The number of amides is 2. The molecule has 3 aromatic rings. The monoisotopic (exact) mass is 478 g/mol. The van der Waals surface area contributed by atoms with E-state index in [-0.39, 0.29) is 17.7 Å². The maximum Gasteiger partial charge on any atom is 0.248 e. The lowest BCUT2D eigenvalue weighted by molar-refractivity contribution is -0.122. The number of carbonyl (C=O) groups excluding carboxylic acids is 2. The van der Waals surface area contributed by atoms with Gasteiger partial charge >= 0.3 is 0 Å². The number of nitrogens with two attached hydrogens (primary N) is 1. The molecule has 1 aromatic carbocycles. The van der Waals surface area contributed by atoms with E-state index in [2.05, 4.69) is 15.4 Å². The molecule has 1 saturated heterocycles. The van der Waals surface area contributed by atoms with Crippen molar-refractivity contribution in [3.05, 3.63) is 76.7 Å². The number of nitrogens with zero attached hydrogens (tertiary/aromatic N) is 4. The number of aryl methyl sites for hydroxylation is 1. The molecule has 1 atom stereocenters. The van der Waals surface area contributed by atoms with Crippen LogP contribution in [0, 0.1) is 12.8 Å². The van der Waals surface area contributed by atoms with Crippen LogP contribution in [-0.2, 0) is 16.1 Å². The Bertz CT molecular complexity index is 1190. The summed E-state index contributed by atoms with van der Waals surface area (Å²) in [7, 11) is 0. The van der Waals surface area contributed by atoms with Crippen molar-refractivity contribution in [2.24, 2.45) is 11.7 Å². The van der Waals surface area contributed by atoms with Gasteiger partial charge in [0.15, 0.2) is 0 Å². The van der Waals surface area contributed by atoms with Crippen LogP contribution in [0.3, 0.4) is 0 Å². The van der Waals surface area contributed by atoms with E-state index in [1.165, 1.54) is 6.08 Å². The number of aromatic nitrogens is 3. The summed E-state index contributed by atoms with van der Waals surface area (Å²) in [4.78, 5) is 30.4. The third kappa shape index (κ3) is 5.63. The van der Waals surface area contributed by atoms with Crippen LogP contribution in [-0.4, -0.2) is 39.7 Å². The van der Waals surface area contributed by atoms with Gasteiger partial charge in [0.25, 0.3) is 0 Å². The molecule has 1 fully saturated rings. The molecule has 1 aliphatic rings. The molecule has 2 amide bonds. The Kier molecular flexibility index (Phi) is 7.27. The van der Waals surface area contributed by atoms with E-state index < -0.39 is 0 Å². The van der Waals surface area contributed by atoms with E-state index in [0.717, 1.165) is 36.5 Å². The number of anilines is 2. The van der Waals surface area contributed by atoms with E-state index in [1.807, 2.05) is 48.2 Å². The largest absolute Gasteiger partial charge is 0.369 e. The van der Waals surface area contributed by atoms with Crippen LogP contribution in [0.4, 0.5) is 11.5 Å². The van der Waals surface area contributed by atoms with Crippen molar-refractivity contribution in [3.8, 4) is 0 Å². The summed E-state index contributed by atoms with van der Waals surface area (Å²) in [5.74, 6) is 0.0223. The first-order valence-electron chi connectivity index (χ1n) is 11.2. The fourth-order valence-electron chi connectivity index (χ4n) is 4.03. The van der Waals surface area contributed by atoms with Crippen LogP contribution in [0.1, 0.15) is 29.7 Å². The van der Waals surface area contributed by atoms with Crippen LogP contribution >= 0.6 is 11.6 Å². The Morgan fingerprint density at radius 2 is 2.03 bits per heavy atom. The molecule has 3 N–H and O–H groups in total. The van der Waals surface area contributed by atoms with Gasteiger partial charge in [0.05, 0.1) is 30.0 Å². The molecule has 1 unspecified atom stereocenters. The summed E-state index contributed by atoms with van der Waals surface area (Å²) in [5, 5.41) is 7.78. The second kappa shape index (κ2) is 10.5. The van der Waals surface area contributed by atoms with Gasteiger partial charge in [-0.15, -0.1) is 0 Å². The van der Waals surface area contributed by atoms with E-state index in [9.17, 15) is 9.59 Å². The molecular weight excluding hydrogens is 452 g/mol. The lowest BCUT2D eigenvalue weighted by Gasteiger charge is -2.32. The van der Waals surface area contributed by atoms with Gasteiger partial charge in [-0.1, -0.05) is 41.9 Å². The SMILES string of the molecule is Cc1nn(Cc2ccccc2)c(Cl)c1/C=C/C(=O)Nc1ccc(N2CCCC(C(N)=O)C2)nc1. The zero-order valence-corrected chi connectivity index (χ0v) is 19.7. The summed E-state index contributed by atoms with van der Waals surface area (Å²) in [6, 6.07) is 13.5. The van der Waals surface area contributed by atoms with Crippen LogP contribution in [0.2, 0.25) is 5.15 Å². The average molecular weight is 479 g/mol. The highest BCUT2D eigenvalue weighted by molar-refractivity contribution is 6.31. The number of hydrogen-bond acceptors (Lipinski definition) is 5. The van der Waals surface area contributed by atoms with Crippen molar-refractivity contribution in [2.75, 3.05) is 23.3 Å². The molecule has 0 saturated carbocycles. The molecule has 9 heteroatoms. The summed E-state index contributed by atoms with van der Waals surface area (Å²) in [6.07, 6.45) is 6.40. The normalized spacial score (nSPS) is 16.1. The molecule has 0 spiro atoms. The molecule has 0 radical (unpaired) electrons. The highest BCUT2D eigenvalue weighted by Crippen LogP contribution is 2.24. The van der Waals surface area contributed by atoms with Gasteiger partial charge in [0, 0.05) is 24.7 Å². The Morgan fingerprint density at radius 3 is 2.74 bits per heavy atom. The highest BCUT2D eigenvalue weighted by Gasteiger charge is 2.24. The number of benzene rings is 1.